The molecule has 1 aromatic heterocycles. The van der Waals surface area contributed by atoms with Crippen molar-refractivity contribution in [3.05, 3.63) is 40.2 Å². The van der Waals surface area contributed by atoms with Gasteiger partial charge in [0.15, 0.2) is 6.61 Å². The monoisotopic (exact) mass is 390 g/mol. The Kier molecular flexibility index (Phi) is 6.41. The molecule has 1 atom stereocenters. The summed E-state index contributed by atoms with van der Waals surface area (Å²) in [6.07, 6.45) is 2.80. The average Bonchev–Trinajstić information content (AvgIpc) is 2.94. The van der Waals surface area contributed by atoms with Crippen molar-refractivity contribution in [3.8, 4) is 6.07 Å². The third-order valence-electron chi connectivity index (χ3n) is 4.06. The zero-order valence-electron chi connectivity index (χ0n) is 14.7. The molecule has 136 valence electrons. The second-order valence-corrected chi connectivity index (χ2v) is 7.70. The number of fused-ring (bicyclic) bond motifs is 1. The summed E-state index contributed by atoms with van der Waals surface area (Å²) in [5.74, 6) is -1.26. The van der Waals surface area contributed by atoms with Crippen molar-refractivity contribution in [1.29, 1.82) is 5.26 Å². The van der Waals surface area contributed by atoms with E-state index in [0.717, 1.165) is 15.0 Å². The largest absolute Gasteiger partial charge is 0.452 e. The standard InChI is InChI=1S/C19H19ClN2O3S/c1-12(2)19(3,11-21)22-16(23)10-25-17(24)9-8-15-18(20)13-6-4-5-7-14(13)26-15/h4-9,12H,10H2,1-3H3,(H,22,23)/b9-8+/t19-/m0/s1. The number of esters is 1. The van der Waals surface area contributed by atoms with E-state index in [2.05, 4.69) is 11.4 Å². The number of nitrogens with one attached hydrogen (secondary N) is 1. The minimum atomic E-state index is -1.01. The lowest BCUT2D eigenvalue weighted by atomic mass is 9.90. The summed E-state index contributed by atoms with van der Waals surface area (Å²) in [5.41, 5.74) is -1.01. The first-order valence-electron chi connectivity index (χ1n) is 8.01. The summed E-state index contributed by atoms with van der Waals surface area (Å²) in [5, 5.41) is 13.3. The molecule has 0 bridgehead atoms. The van der Waals surface area contributed by atoms with Gasteiger partial charge in [-0.15, -0.1) is 11.3 Å². The van der Waals surface area contributed by atoms with E-state index in [-0.39, 0.29) is 5.92 Å². The molecule has 0 saturated carbocycles. The molecule has 0 aliphatic carbocycles. The number of amides is 1. The highest BCUT2D eigenvalue weighted by Crippen LogP contribution is 2.35. The van der Waals surface area contributed by atoms with Gasteiger partial charge in [-0.2, -0.15) is 5.26 Å². The number of hydrogen-bond donors (Lipinski definition) is 1. The maximum absolute atomic E-state index is 11.9. The zero-order chi connectivity index (χ0) is 19.3. The molecule has 0 aliphatic rings. The normalized spacial score (nSPS) is 13.5. The van der Waals surface area contributed by atoms with Gasteiger partial charge in [-0.05, 0) is 25.0 Å². The van der Waals surface area contributed by atoms with Gasteiger partial charge < -0.3 is 10.1 Å². The minimum absolute atomic E-state index is 0.0813. The molecule has 0 saturated heterocycles. The Bertz CT molecular complexity index is 898. The molecule has 1 amide bonds. The first-order chi connectivity index (χ1) is 12.3. The van der Waals surface area contributed by atoms with Gasteiger partial charge in [0.05, 0.1) is 11.1 Å². The SMILES string of the molecule is CC(C)[C@](C)(C#N)NC(=O)COC(=O)/C=C/c1sc2ccccc2c1Cl. The number of rotatable bonds is 6. The Morgan fingerprint density at radius 3 is 2.73 bits per heavy atom. The Morgan fingerprint density at radius 1 is 1.42 bits per heavy atom. The summed E-state index contributed by atoms with van der Waals surface area (Å²) < 4.78 is 5.95. The number of carbonyl (C=O) groups excluding carboxylic acids is 2. The average molecular weight is 391 g/mol. The number of thiophene rings is 1. The van der Waals surface area contributed by atoms with Gasteiger partial charge in [0, 0.05) is 21.0 Å². The number of halogens is 1. The molecule has 1 N–H and O–H groups in total. The van der Waals surface area contributed by atoms with Crippen LogP contribution in [0.3, 0.4) is 0 Å². The van der Waals surface area contributed by atoms with Gasteiger partial charge in [-0.1, -0.05) is 43.6 Å². The van der Waals surface area contributed by atoms with Crippen LogP contribution in [0, 0.1) is 17.2 Å². The van der Waals surface area contributed by atoms with E-state index in [4.69, 9.17) is 16.3 Å². The lowest BCUT2D eigenvalue weighted by Gasteiger charge is -2.27. The van der Waals surface area contributed by atoms with E-state index < -0.39 is 24.0 Å². The molecule has 1 aromatic carbocycles. The van der Waals surface area contributed by atoms with Crippen LogP contribution in [0.15, 0.2) is 30.3 Å². The number of carbonyl (C=O) groups is 2. The third kappa shape index (κ3) is 4.63. The summed E-state index contributed by atoms with van der Waals surface area (Å²) in [4.78, 5) is 24.5. The Balaban J connectivity index is 1.94. The van der Waals surface area contributed by atoms with Crippen molar-refractivity contribution in [2.45, 2.75) is 26.3 Å². The van der Waals surface area contributed by atoms with Crippen molar-refractivity contribution in [2.24, 2.45) is 5.92 Å². The minimum Gasteiger partial charge on any atom is -0.452 e. The molecule has 7 heteroatoms. The van der Waals surface area contributed by atoms with Crippen LogP contribution in [0.2, 0.25) is 5.02 Å². The van der Waals surface area contributed by atoms with Crippen LogP contribution in [-0.2, 0) is 14.3 Å². The summed E-state index contributed by atoms with van der Waals surface area (Å²) in [6.45, 7) is 4.83. The van der Waals surface area contributed by atoms with E-state index in [0.29, 0.717) is 5.02 Å². The Morgan fingerprint density at radius 2 is 2.12 bits per heavy atom. The molecule has 0 fully saturated rings. The zero-order valence-corrected chi connectivity index (χ0v) is 16.3. The second kappa shape index (κ2) is 8.35. The molecule has 5 nitrogen and oxygen atoms in total. The topological polar surface area (TPSA) is 79.2 Å². The maximum atomic E-state index is 11.9. The summed E-state index contributed by atoms with van der Waals surface area (Å²) in [6, 6.07) is 9.74. The van der Waals surface area contributed by atoms with Crippen molar-refractivity contribution in [2.75, 3.05) is 6.61 Å². The van der Waals surface area contributed by atoms with Gasteiger partial charge in [-0.25, -0.2) is 4.79 Å². The van der Waals surface area contributed by atoms with Gasteiger partial charge in [0.25, 0.3) is 5.91 Å². The Hall–Kier alpha value is -2.36. The fraction of sp³-hybridized carbons (Fsp3) is 0.316. The summed E-state index contributed by atoms with van der Waals surface area (Å²) >= 11 is 7.76. The molecule has 0 aliphatic heterocycles. The van der Waals surface area contributed by atoms with E-state index in [1.165, 1.54) is 17.4 Å². The van der Waals surface area contributed by atoms with E-state index >= 15 is 0 Å². The van der Waals surface area contributed by atoms with Crippen molar-refractivity contribution >= 4 is 51.0 Å². The molecule has 2 rings (SSSR count). The smallest absolute Gasteiger partial charge is 0.331 e. The van der Waals surface area contributed by atoms with Crippen LogP contribution in [0.5, 0.6) is 0 Å². The molecule has 1 heterocycles. The molecule has 0 unspecified atom stereocenters. The summed E-state index contributed by atoms with van der Waals surface area (Å²) in [7, 11) is 0. The first kappa shape index (κ1) is 20.0. The van der Waals surface area contributed by atoms with Gasteiger partial charge in [0.1, 0.15) is 5.54 Å². The number of hydrogen-bond acceptors (Lipinski definition) is 5. The number of nitrogens with zero attached hydrogens (tertiary/aromatic N) is 1. The van der Waals surface area contributed by atoms with Gasteiger partial charge in [-0.3, -0.25) is 4.79 Å². The third-order valence-corrected chi connectivity index (χ3v) is 5.72. The van der Waals surface area contributed by atoms with Crippen LogP contribution >= 0.6 is 22.9 Å². The second-order valence-electron chi connectivity index (χ2n) is 6.23. The highest BCUT2D eigenvalue weighted by Gasteiger charge is 2.30. The number of benzene rings is 1. The van der Waals surface area contributed by atoms with E-state index in [1.807, 2.05) is 38.1 Å². The fourth-order valence-corrected chi connectivity index (χ4v) is 3.49. The van der Waals surface area contributed by atoms with Crippen LogP contribution in [0.4, 0.5) is 0 Å². The lowest BCUT2D eigenvalue weighted by molar-refractivity contribution is -0.144. The van der Waals surface area contributed by atoms with Crippen LogP contribution in [0.25, 0.3) is 16.2 Å². The number of ether oxygens (including phenoxy) is 1. The van der Waals surface area contributed by atoms with Crippen LogP contribution < -0.4 is 5.32 Å². The lowest BCUT2D eigenvalue weighted by Crippen LogP contribution is -2.50. The predicted molar refractivity (Wildman–Crippen MR) is 104 cm³/mol. The predicted octanol–water partition coefficient (Wildman–Crippen LogP) is 4.17. The molecule has 26 heavy (non-hydrogen) atoms. The van der Waals surface area contributed by atoms with Gasteiger partial charge in [0.2, 0.25) is 0 Å². The van der Waals surface area contributed by atoms with Crippen molar-refractivity contribution in [1.82, 2.24) is 5.32 Å². The highest BCUT2D eigenvalue weighted by molar-refractivity contribution is 7.20. The molecular formula is C19H19ClN2O3S. The van der Waals surface area contributed by atoms with Crippen molar-refractivity contribution in [3.63, 3.8) is 0 Å². The first-order valence-corrected chi connectivity index (χ1v) is 9.20. The quantitative estimate of drug-likeness (QED) is 0.593. The molecular weight excluding hydrogens is 372 g/mol. The molecule has 2 aromatic rings. The van der Waals surface area contributed by atoms with Gasteiger partial charge >= 0.3 is 5.97 Å². The number of nitriles is 1. The molecule has 0 radical (unpaired) electrons. The fourth-order valence-electron chi connectivity index (χ4n) is 2.10. The highest BCUT2D eigenvalue weighted by atomic mass is 35.5. The molecule has 0 spiro atoms. The van der Waals surface area contributed by atoms with E-state index in [1.54, 1.807) is 13.0 Å². The van der Waals surface area contributed by atoms with Crippen LogP contribution in [0.1, 0.15) is 25.6 Å². The Labute approximate surface area is 161 Å². The van der Waals surface area contributed by atoms with E-state index in [9.17, 15) is 14.9 Å². The van der Waals surface area contributed by atoms with Crippen molar-refractivity contribution < 1.29 is 14.3 Å². The van der Waals surface area contributed by atoms with Crippen LogP contribution in [-0.4, -0.2) is 24.0 Å². The maximum Gasteiger partial charge on any atom is 0.331 e.